The zero-order chi connectivity index (χ0) is 15.0. The molecule has 1 N–H and O–H groups in total. The summed E-state index contributed by atoms with van der Waals surface area (Å²) in [5.74, 6) is 1.64. The summed E-state index contributed by atoms with van der Waals surface area (Å²) in [6.45, 7) is 7.20. The van der Waals surface area contributed by atoms with Crippen LogP contribution >= 0.6 is 0 Å². The summed E-state index contributed by atoms with van der Waals surface area (Å²) in [5.41, 5.74) is 2.46. The maximum Gasteiger partial charge on any atom is 0.238 e. The van der Waals surface area contributed by atoms with E-state index in [2.05, 4.69) is 55.3 Å². The van der Waals surface area contributed by atoms with Crippen molar-refractivity contribution in [3.05, 3.63) is 35.4 Å². The fourth-order valence-electron chi connectivity index (χ4n) is 3.98. The molecule has 0 bridgehead atoms. The molecule has 114 valence electrons. The summed E-state index contributed by atoms with van der Waals surface area (Å²) in [6.07, 6.45) is 3.66. The van der Waals surface area contributed by atoms with E-state index in [-0.39, 0.29) is 12.1 Å². The van der Waals surface area contributed by atoms with Gasteiger partial charge < -0.3 is 4.90 Å². The lowest BCUT2D eigenvalue weighted by atomic mass is 9.79. The maximum absolute atomic E-state index is 12.4. The molecule has 1 amide bonds. The van der Waals surface area contributed by atoms with Crippen molar-refractivity contribution < 1.29 is 4.79 Å². The third-order valence-electron chi connectivity index (χ3n) is 5.15. The second-order valence-electron chi connectivity index (χ2n) is 6.96. The van der Waals surface area contributed by atoms with Gasteiger partial charge in [0.1, 0.15) is 6.17 Å². The molecule has 1 saturated carbocycles. The molecule has 4 atom stereocenters. The quantitative estimate of drug-likeness (QED) is 0.905. The van der Waals surface area contributed by atoms with E-state index in [4.69, 9.17) is 0 Å². The van der Waals surface area contributed by atoms with Crippen LogP contribution in [0.25, 0.3) is 0 Å². The molecule has 1 saturated heterocycles. The van der Waals surface area contributed by atoms with Crippen LogP contribution in [-0.4, -0.2) is 23.4 Å². The molecule has 0 radical (unpaired) electrons. The maximum atomic E-state index is 12.4. The average molecular weight is 286 g/mol. The second kappa shape index (κ2) is 5.80. The van der Waals surface area contributed by atoms with E-state index in [9.17, 15) is 4.79 Å². The first-order valence-electron chi connectivity index (χ1n) is 8.17. The highest BCUT2D eigenvalue weighted by molar-refractivity contribution is 5.81. The first-order chi connectivity index (χ1) is 10.1. The molecule has 0 spiro atoms. The molecule has 2 aliphatic rings. The molecule has 1 aromatic rings. The van der Waals surface area contributed by atoms with Crippen molar-refractivity contribution in [2.24, 2.45) is 11.8 Å². The average Bonchev–Trinajstić information content (AvgIpc) is 2.82. The third-order valence-corrected chi connectivity index (χ3v) is 5.15. The minimum Gasteiger partial charge on any atom is -0.319 e. The van der Waals surface area contributed by atoms with Crippen molar-refractivity contribution in [3.8, 4) is 0 Å². The number of hydrogen-bond donors (Lipinski definition) is 1. The van der Waals surface area contributed by atoms with Gasteiger partial charge in [-0.3, -0.25) is 10.1 Å². The van der Waals surface area contributed by atoms with E-state index in [0.29, 0.717) is 18.5 Å². The molecule has 1 aliphatic carbocycles. The molecule has 1 aromatic carbocycles. The van der Waals surface area contributed by atoms with Gasteiger partial charge in [-0.05, 0) is 43.6 Å². The predicted octanol–water partition coefficient (Wildman–Crippen LogP) is 3.25. The number of nitrogens with one attached hydrogen (secondary N) is 1. The van der Waals surface area contributed by atoms with Crippen LogP contribution in [0, 0.1) is 18.8 Å². The Morgan fingerprint density at radius 1 is 1.14 bits per heavy atom. The van der Waals surface area contributed by atoms with Crippen LogP contribution in [0.4, 0.5) is 0 Å². The van der Waals surface area contributed by atoms with Gasteiger partial charge in [-0.25, -0.2) is 0 Å². The van der Waals surface area contributed by atoms with E-state index in [1.54, 1.807) is 0 Å². The van der Waals surface area contributed by atoms with Crippen LogP contribution in [-0.2, 0) is 4.79 Å². The van der Waals surface area contributed by atoms with E-state index < -0.39 is 0 Å². The molecule has 3 heteroatoms. The number of benzene rings is 1. The summed E-state index contributed by atoms with van der Waals surface area (Å²) in [7, 11) is 0. The van der Waals surface area contributed by atoms with Crippen LogP contribution in [0.2, 0.25) is 0 Å². The number of amides is 1. The molecular formula is C18H26N2O. The lowest BCUT2D eigenvalue weighted by Crippen LogP contribution is -2.45. The van der Waals surface area contributed by atoms with Crippen LogP contribution < -0.4 is 5.32 Å². The molecule has 3 rings (SSSR count). The van der Waals surface area contributed by atoms with Crippen molar-refractivity contribution in [1.82, 2.24) is 10.2 Å². The Morgan fingerprint density at radius 3 is 2.52 bits per heavy atom. The first-order valence-corrected chi connectivity index (χ1v) is 8.17. The number of carbonyl (C=O) groups is 1. The Hall–Kier alpha value is -1.35. The Kier molecular flexibility index (Phi) is 4.03. The highest BCUT2D eigenvalue weighted by Crippen LogP contribution is 2.36. The predicted molar refractivity (Wildman–Crippen MR) is 84.7 cm³/mol. The number of nitrogens with zero attached hydrogens (tertiary/aromatic N) is 1. The minimum atomic E-state index is 0.0546. The van der Waals surface area contributed by atoms with Crippen molar-refractivity contribution >= 4 is 5.91 Å². The molecule has 21 heavy (non-hydrogen) atoms. The monoisotopic (exact) mass is 286 g/mol. The van der Waals surface area contributed by atoms with E-state index in [1.807, 2.05) is 0 Å². The summed E-state index contributed by atoms with van der Waals surface area (Å²) in [5, 5.41) is 3.40. The summed E-state index contributed by atoms with van der Waals surface area (Å²) < 4.78 is 0. The normalized spacial score (nSPS) is 33.5. The number of rotatable bonds is 2. The molecular weight excluding hydrogens is 260 g/mol. The van der Waals surface area contributed by atoms with Crippen LogP contribution in [0.15, 0.2) is 24.3 Å². The fraction of sp³-hybridized carbons (Fsp3) is 0.611. The van der Waals surface area contributed by atoms with Crippen molar-refractivity contribution in [2.75, 3.05) is 6.54 Å². The smallest absolute Gasteiger partial charge is 0.238 e. The van der Waals surface area contributed by atoms with Crippen molar-refractivity contribution in [1.29, 1.82) is 0 Å². The number of aryl methyl sites for hydroxylation is 1. The molecule has 4 unspecified atom stereocenters. The van der Waals surface area contributed by atoms with E-state index in [1.165, 1.54) is 24.0 Å². The van der Waals surface area contributed by atoms with Gasteiger partial charge in [0.05, 0.1) is 6.54 Å². The van der Waals surface area contributed by atoms with Gasteiger partial charge in [-0.15, -0.1) is 0 Å². The van der Waals surface area contributed by atoms with Gasteiger partial charge in [0.2, 0.25) is 5.91 Å². The number of hydrogen-bond acceptors (Lipinski definition) is 2. The standard InChI is InChI=1S/C18H26N2O/c1-12-4-7-15(8-5-12)18-19-11-17(21)20(18)16-9-6-13(2)10-14(16)3/h4-5,7-8,13-14,16,18-19H,6,9-11H2,1-3H3. The van der Waals surface area contributed by atoms with Crippen LogP contribution in [0.1, 0.15) is 50.4 Å². The van der Waals surface area contributed by atoms with E-state index in [0.717, 1.165) is 12.3 Å². The summed E-state index contributed by atoms with van der Waals surface area (Å²) >= 11 is 0. The Balaban J connectivity index is 1.84. The first kappa shape index (κ1) is 14.6. The summed E-state index contributed by atoms with van der Waals surface area (Å²) in [6, 6.07) is 8.94. The molecule has 1 aliphatic heterocycles. The lowest BCUT2D eigenvalue weighted by Gasteiger charge is -2.41. The molecule has 0 aromatic heterocycles. The van der Waals surface area contributed by atoms with Gasteiger partial charge in [-0.1, -0.05) is 43.7 Å². The molecule has 3 nitrogen and oxygen atoms in total. The topological polar surface area (TPSA) is 32.3 Å². The Labute approximate surface area is 127 Å². The van der Waals surface area contributed by atoms with Gasteiger partial charge in [0.25, 0.3) is 0 Å². The number of carbonyl (C=O) groups excluding carboxylic acids is 1. The van der Waals surface area contributed by atoms with E-state index >= 15 is 0 Å². The Morgan fingerprint density at radius 2 is 1.86 bits per heavy atom. The van der Waals surface area contributed by atoms with Crippen LogP contribution in [0.5, 0.6) is 0 Å². The summed E-state index contributed by atoms with van der Waals surface area (Å²) in [4.78, 5) is 14.5. The van der Waals surface area contributed by atoms with Crippen LogP contribution in [0.3, 0.4) is 0 Å². The lowest BCUT2D eigenvalue weighted by molar-refractivity contribution is -0.132. The van der Waals surface area contributed by atoms with Gasteiger partial charge in [-0.2, -0.15) is 0 Å². The minimum absolute atomic E-state index is 0.0546. The van der Waals surface area contributed by atoms with Crippen molar-refractivity contribution in [2.45, 2.75) is 52.2 Å². The highest BCUT2D eigenvalue weighted by Gasteiger charge is 2.40. The Bertz CT molecular complexity index is 510. The second-order valence-corrected chi connectivity index (χ2v) is 6.96. The SMILES string of the molecule is Cc1ccc(C2NCC(=O)N2C2CCC(C)CC2C)cc1. The zero-order valence-electron chi connectivity index (χ0n) is 13.3. The van der Waals surface area contributed by atoms with Gasteiger partial charge in [0.15, 0.2) is 0 Å². The fourth-order valence-corrected chi connectivity index (χ4v) is 3.98. The largest absolute Gasteiger partial charge is 0.319 e. The zero-order valence-corrected chi connectivity index (χ0v) is 13.3. The van der Waals surface area contributed by atoms with Gasteiger partial charge in [0, 0.05) is 6.04 Å². The van der Waals surface area contributed by atoms with Crippen molar-refractivity contribution in [3.63, 3.8) is 0 Å². The van der Waals surface area contributed by atoms with Gasteiger partial charge >= 0.3 is 0 Å². The molecule has 2 fully saturated rings. The third kappa shape index (κ3) is 2.84. The molecule has 1 heterocycles. The highest BCUT2D eigenvalue weighted by atomic mass is 16.2.